The molecule has 1 saturated carbocycles. The molecule has 3 unspecified atom stereocenters. The molecule has 5 nitrogen and oxygen atoms in total. The van der Waals surface area contributed by atoms with E-state index in [1.165, 1.54) is 0 Å². The third kappa shape index (κ3) is 3.26. The zero-order valence-corrected chi connectivity index (χ0v) is 12.0. The Hall–Kier alpha value is -1.10. The predicted molar refractivity (Wildman–Crippen MR) is 73.3 cm³/mol. The molecule has 0 radical (unpaired) electrons. The van der Waals surface area contributed by atoms with Gasteiger partial charge in [-0.05, 0) is 31.6 Å². The molecule has 0 aromatic heterocycles. The van der Waals surface area contributed by atoms with Gasteiger partial charge in [-0.25, -0.2) is 0 Å². The van der Waals surface area contributed by atoms with E-state index in [9.17, 15) is 9.59 Å². The van der Waals surface area contributed by atoms with Crippen LogP contribution in [0.25, 0.3) is 0 Å². The molecular formula is C14H25N3O2. The van der Waals surface area contributed by atoms with Crippen LogP contribution < -0.4 is 5.73 Å². The summed E-state index contributed by atoms with van der Waals surface area (Å²) in [5, 5.41) is 0. The summed E-state index contributed by atoms with van der Waals surface area (Å²) in [4.78, 5) is 27.9. The van der Waals surface area contributed by atoms with Crippen molar-refractivity contribution in [3.8, 4) is 0 Å². The van der Waals surface area contributed by atoms with Gasteiger partial charge >= 0.3 is 0 Å². The Bertz CT molecular complexity index is 359. The van der Waals surface area contributed by atoms with E-state index in [0.717, 1.165) is 32.2 Å². The molecule has 1 heterocycles. The van der Waals surface area contributed by atoms with Crippen molar-refractivity contribution >= 4 is 11.8 Å². The Morgan fingerprint density at radius 1 is 1.32 bits per heavy atom. The highest BCUT2D eigenvalue weighted by atomic mass is 16.2. The predicted octanol–water partition coefficient (Wildman–Crippen LogP) is 0.441. The van der Waals surface area contributed by atoms with Crippen LogP contribution in [-0.2, 0) is 9.59 Å². The molecule has 2 amide bonds. The van der Waals surface area contributed by atoms with Crippen LogP contribution in [0, 0.1) is 11.8 Å². The third-order valence-corrected chi connectivity index (χ3v) is 4.54. The first kappa shape index (κ1) is 14.3. The minimum Gasteiger partial charge on any atom is -0.344 e. The molecule has 2 fully saturated rings. The van der Waals surface area contributed by atoms with Crippen molar-refractivity contribution in [3.05, 3.63) is 0 Å². The van der Waals surface area contributed by atoms with Gasteiger partial charge in [-0.3, -0.25) is 9.59 Å². The maximum atomic E-state index is 12.6. The van der Waals surface area contributed by atoms with E-state index in [0.29, 0.717) is 12.5 Å². The van der Waals surface area contributed by atoms with Gasteiger partial charge in [0.15, 0.2) is 0 Å². The van der Waals surface area contributed by atoms with Gasteiger partial charge in [0.05, 0.1) is 6.54 Å². The van der Waals surface area contributed by atoms with E-state index >= 15 is 0 Å². The lowest BCUT2D eigenvalue weighted by molar-refractivity contribution is -0.142. The number of nitrogens with two attached hydrogens (primary N) is 1. The lowest BCUT2D eigenvalue weighted by Gasteiger charge is -2.34. The molecule has 0 aromatic rings. The lowest BCUT2D eigenvalue weighted by Crippen LogP contribution is -2.46. The largest absolute Gasteiger partial charge is 0.344 e. The van der Waals surface area contributed by atoms with Gasteiger partial charge in [-0.15, -0.1) is 0 Å². The lowest BCUT2D eigenvalue weighted by atomic mass is 9.77. The quantitative estimate of drug-likeness (QED) is 0.749. The van der Waals surface area contributed by atoms with Gasteiger partial charge in [-0.1, -0.05) is 6.92 Å². The van der Waals surface area contributed by atoms with Crippen LogP contribution in [0.5, 0.6) is 0 Å². The third-order valence-electron chi connectivity index (χ3n) is 4.54. The fourth-order valence-corrected chi connectivity index (χ4v) is 3.11. The van der Waals surface area contributed by atoms with Crippen LogP contribution in [0.1, 0.15) is 32.6 Å². The standard InChI is InChI=1S/C14H25N3O2/c1-10-4-5-11(15)8-12(10)14(19)17-7-3-6-16(2)13(18)9-17/h10-12H,3-9,15H2,1-2H3. The Labute approximate surface area is 115 Å². The first-order valence-electron chi connectivity index (χ1n) is 7.27. The summed E-state index contributed by atoms with van der Waals surface area (Å²) >= 11 is 0. The number of carbonyl (C=O) groups is 2. The fourth-order valence-electron chi connectivity index (χ4n) is 3.11. The second-order valence-corrected chi connectivity index (χ2v) is 6.09. The molecule has 1 saturated heterocycles. The molecule has 1 aliphatic heterocycles. The Morgan fingerprint density at radius 3 is 2.79 bits per heavy atom. The zero-order chi connectivity index (χ0) is 14.0. The summed E-state index contributed by atoms with van der Waals surface area (Å²) in [6.07, 6.45) is 3.65. The molecule has 108 valence electrons. The number of hydrogen-bond acceptors (Lipinski definition) is 3. The molecule has 0 spiro atoms. The summed E-state index contributed by atoms with van der Waals surface area (Å²) in [7, 11) is 1.80. The minimum atomic E-state index is -0.0000406. The smallest absolute Gasteiger partial charge is 0.241 e. The highest BCUT2D eigenvalue weighted by Gasteiger charge is 2.35. The molecule has 1 aliphatic carbocycles. The highest BCUT2D eigenvalue weighted by molar-refractivity contribution is 5.86. The van der Waals surface area contributed by atoms with Crippen LogP contribution in [0.3, 0.4) is 0 Å². The molecule has 5 heteroatoms. The van der Waals surface area contributed by atoms with Gasteiger partial charge in [-0.2, -0.15) is 0 Å². The van der Waals surface area contributed by atoms with E-state index in [-0.39, 0.29) is 30.3 Å². The maximum absolute atomic E-state index is 12.6. The van der Waals surface area contributed by atoms with Crippen LogP contribution in [0.15, 0.2) is 0 Å². The molecule has 2 rings (SSSR count). The Kier molecular flexibility index (Phi) is 4.45. The van der Waals surface area contributed by atoms with Crippen molar-refractivity contribution in [2.45, 2.75) is 38.6 Å². The average Bonchev–Trinajstić information content (AvgIpc) is 2.54. The number of amides is 2. The minimum absolute atomic E-state index is 0.0000406. The zero-order valence-electron chi connectivity index (χ0n) is 12.0. The van der Waals surface area contributed by atoms with Crippen LogP contribution in [0.4, 0.5) is 0 Å². The second kappa shape index (κ2) is 5.90. The van der Waals surface area contributed by atoms with E-state index in [1.807, 2.05) is 0 Å². The first-order chi connectivity index (χ1) is 8.99. The molecule has 0 bridgehead atoms. The normalized spacial score (nSPS) is 33.2. The molecule has 3 atom stereocenters. The Morgan fingerprint density at radius 2 is 2.05 bits per heavy atom. The monoisotopic (exact) mass is 267 g/mol. The molecule has 0 aromatic carbocycles. The van der Waals surface area contributed by atoms with Crippen LogP contribution in [-0.4, -0.2) is 54.3 Å². The number of nitrogens with zero attached hydrogens (tertiary/aromatic N) is 2. The van der Waals surface area contributed by atoms with Gasteiger partial charge < -0.3 is 15.5 Å². The number of rotatable bonds is 1. The Balaban J connectivity index is 2.03. The van der Waals surface area contributed by atoms with Gasteiger partial charge in [0.2, 0.25) is 11.8 Å². The molecule has 2 N–H and O–H groups in total. The van der Waals surface area contributed by atoms with Gasteiger partial charge in [0.1, 0.15) is 0 Å². The fraction of sp³-hybridized carbons (Fsp3) is 0.857. The highest BCUT2D eigenvalue weighted by Crippen LogP contribution is 2.30. The molecule has 19 heavy (non-hydrogen) atoms. The number of likely N-dealkylation sites (N-methyl/N-ethyl adjacent to an activating group) is 1. The number of carbonyl (C=O) groups excluding carboxylic acids is 2. The summed E-state index contributed by atoms with van der Waals surface area (Å²) in [6.45, 7) is 3.78. The topological polar surface area (TPSA) is 66.6 Å². The van der Waals surface area contributed by atoms with Crippen molar-refractivity contribution in [1.29, 1.82) is 0 Å². The number of hydrogen-bond donors (Lipinski definition) is 1. The molecular weight excluding hydrogens is 242 g/mol. The summed E-state index contributed by atoms with van der Waals surface area (Å²) in [5.74, 6) is 0.549. The SMILES string of the molecule is CC1CCC(N)CC1C(=O)N1CCCN(C)C(=O)C1. The van der Waals surface area contributed by atoms with Crippen LogP contribution in [0.2, 0.25) is 0 Å². The average molecular weight is 267 g/mol. The van der Waals surface area contributed by atoms with E-state index in [4.69, 9.17) is 5.73 Å². The second-order valence-electron chi connectivity index (χ2n) is 6.09. The maximum Gasteiger partial charge on any atom is 0.241 e. The molecule has 2 aliphatic rings. The summed E-state index contributed by atoms with van der Waals surface area (Å²) in [5.41, 5.74) is 5.99. The van der Waals surface area contributed by atoms with Crippen molar-refractivity contribution in [2.24, 2.45) is 17.6 Å². The van der Waals surface area contributed by atoms with Crippen molar-refractivity contribution in [2.75, 3.05) is 26.7 Å². The first-order valence-corrected chi connectivity index (χ1v) is 7.27. The van der Waals surface area contributed by atoms with Gasteiger partial charge in [0.25, 0.3) is 0 Å². The van der Waals surface area contributed by atoms with E-state index in [1.54, 1.807) is 16.8 Å². The van der Waals surface area contributed by atoms with E-state index in [2.05, 4.69) is 6.92 Å². The van der Waals surface area contributed by atoms with Crippen molar-refractivity contribution in [3.63, 3.8) is 0 Å². The van der Waals surface area contributed by atoms with Gasteiger partial charge in [0, 0.05) is 32.1 Å². The van der Waals surface area contributed by atoms with Crippen LogP contribution >= 0.6 is 0 Å². The summed E-state index contributed by atoms with van der Waals surface area (Å²) < 4.78 is 0. The van der Waals surface area contributed by atoms with Crippen molar-refractivity contribution < 1.29 is 9.59 Å². The van der Waals surface area contributed by atoms with E-state index < -0.39 is 0 Å². The summed E-state index contributed by atoms with van der Waals surface area (Å²) in [6, 6.07) is 0.135. The van der Waals surface area contributed by atoms with Crippen molar-refractivity contribution in [1.82, 2.24) is 9.80 Å².